The summed E-state index contributed by atoms with van der Waals surface area (Å²) in [7, 11) is 0. The van der Waals surface area contributed by atoms with Crippen molar-refractivity contribution in [3.05, 3.63) is 64.7 Å². The highest BCUT2D eigenvalue weighted by Gasteiger charge is 2.43. The molecule has 1 fully saturated rings. The summed E-state index contributed by atoms with van der Waals surface area (Å²) in [6.45, 7) is 2.06. The van der Waals surface area contributed by atoms with Gasteiger partial charge in [-0.3, -0.25) is 0 Å². The Balaban J connectivity index is 1.87. The van der Waals surface area contributed by atoms with Crippen LogP contribution in [-0.2, 0) is 11.2 Å². The first-order valence-corrected chi connectivity index (χ1v) is 9.60. The van der Waals surface area contributed by atoms with Crippen LogP contribution in [0.25, 0.3) is 0 Å². The van der Waals surface area contributed by atoms with Crippen molar-refractivity contribution in [1.82, 2.24) is 0 Å². The van der Waals surface area contributed by atoms with Crippen LogP contribution < -0.4 is 4.74 Å². The molecule has 154 valence electrons. The molecular weight excluding hydrogens is 372 g/mol. The van der Waals surface area contributed by atoms with Gasteiger partial charge in [0.15, 0.2) is 0 Å². The number of hydrogen-bond donors (Lipinski definition) is 4. The first-order chi connectivity index (χ1) is 14.0. The molecule has 0 radical (unpaired) electrons. The highest BCUT2D eigenvalue weighted by atomic mass is 16.5. The van der Waals surface area contributed by atoms with E-state index in [1.54, 1.807) is 12.1 Å². The fourth-order valence-corrected chi connectivity index (χ4v) is 3.54. The SMILES string of the molecule is C#Cc1ccc([C@@H]2O[C@H](CO)[C@@H](O)[C@H](O)[C@H]2O)cc1Cc1ccc(OCC)cc1. The van der Waals surface area contributed by atoms with Gasteiger partial charge in [0, 0.05) is 5.56 Å². The summed E-state index contributed by atoms with van der Waals surface area (Å²) in [4.78, 5) is 0. The molecule has 4 N–H and O–H groups in total. The van der Waals surface area contributed by atoms with Gasteiger partial charge in [0.25, 0.3) is 0 Å². The lowest BCUT2D eigenvalue weighted by Gasteiger charge is -2.40. The largest absolute Gasteiger partial charge is 0.494 e. The van der Waals surface area contributed by atoms with Gasteiger partial charge in [-0.15, -0.1) is 6.42 Å². The van der Waals surface area contributed by atoms with Crippen LogP contribution in [0.4, 0.5) is 0 Å². The number of benzene rings is 2. The minimum Gasteiger partial charge on any atom is -0.494 e. The van der Waals surface area contributed by atoms with E-state index >= 15 is 0 Å². The molecule has 2 aromatic carbocycles. The van der Waals surface area contributed by atoms with Crippen molar-refractivity contribution in [2.45, 2.75) is 43.9 Å². The second-order valence-electron chi connectivity index (χ2n) is 7.06. The summed E-state index contributed by atoms with van der Waals surface area (Å²) in [5.74, 6) is 3.46. The number of rotatable bonds is 6. The Hall–Kier alpha value is -2.40. The maximum atomic E-state index is 10.4. The smallest absolute Gasteiger partial charge is 0.119 e. The Morgan fingerprint density at radius 2 is 1.76 bits per heavy atom. The molecule has 3 rings (SSSR count). The number of hydrogen-bond acceptors (Lipinski definition) is 6. The van der Waals surface area contributed by atoms with Gasteiger partial charge in [0.1, 0.15) is 36.3 Å². The Morgan fingerprint density at radius 1 is 1.03 bits per heavy atom. The highest BCUT2D eigenvalue weighted by Crippen LogP contribution is 2.33. The van der Waals surface area contributed by atoms with E-state index in [1.807, 2.05) is 37.3 Å². The van der Waals surface area contributed by atoms with Crippen molar-refractivity contribution >= 4 is 0 Å². The molecule has 29 heavy (non-hydrogen) atoms. The van der Waals surface area contributed by atoms with Crippen LogP contribution in [0, 0.1) is 12.3 Å². The van der Waals surface area contributed by atoms with Crippen molar-refractivity contribution < 1.29 is 29.9 Å². The zero-order chi connectivity index (χ0) is 21.0. The lowest BCUT2D eigenvalue weighted by Crippen LogP contribution is -2.55. The third kappa shape index (κ3) is 4.61. The summed E-state index contributed by atoms with van der Waals surface area (Å²) < 4.78 is 11.1. The van der Waals surface area contributed by atoms with E-state index in [4.69, 9.17) is 15.9 Å². The second kappa shape index (κ2) is 9.40. The number of ether oxygens (including phenoxy) is 2. The fourth-order valence-electron chi connectivity index (χ4n) is 3.54. The third-order valence-electron chi connectivity index (χ3n) is 5.13. The maximum Gasteiger partial charge on any atom is 0.119 e. The molecule has 1 heterocycles. The van der Waals surface area contributed by atoms with Crippen LogP contribution in [0.2, 0.25) is 0 Å². The van der Waals surface area contributed by atoms with Gasteiger partial charge in [-0.05, 0) is 48.2 Å². The van der Waals surface area contributed by atoms with Crippen LogP contribution in [0.5, 0.6) is 5.75 Å². The molecule has 0 amide bonds. The molecule has 5 atom stereocenters. The molecule has 0 spiro atoms. The van der Waals surface area contributed by atoms with Crippen molar-refractivity contribution in [3.63, 3.8) is 0 Å². The first kappa shape index (κ1) is 21.3. The van der Waals surface area contributed by atoms with Crippen molar-refractivity contribution in [2.75, 3.05) is 13.2 Å². The average Bonchev–Trinajstić information content (AvgIpc) is 2.74. The molecule has 0 aromatic heterocycles. The summed E-state index contributed by atoms with van der Waals surface area (Å²) in [5.41, 5.74) is 3.23. The zero-order valence-electron chi connectivity index (χ0n) is 16.2. The summed E-state index contributed by atoms with van der Waals surface area (Å²) in [6.07, 6.45) is 0.224. The molecule has 0 saturated carbocycles. The monoisotopic (exact) mass is 398 g/mol. The van der Waals surface area contributed by atoms with Gasteiger partial charge in [-0.2, -0.15) is 0 Å². The van der Waals surface area contributed by atoms with E-state index in [0.29, 0.717) is 24.2 Å². The topological polar surface area (TPSA) is 99.4 Å². The van der Waals surface area contributed by atoms with Crippen LogP contribution >= 0.6 is 0 Å². The van der Waals surface area contributed by atoms with Gasteiger partial charge < -0.3 is 29.9 Å². The van der Waals surface area contributed by atoms with Gasteiger partial charge in [-0.1, -0.05) is 30.2 Å². The molecule has 1 aliphatic heterocycles. The molecule has 0 bridgehead atoms. The second-order valence-corrected chi connectivity index (χ2v) is 7.06. The minimum atomic E-state index is -1.42. The van der Waals surface area contributed by atoms with Crippen LogP contribution in [0.15, 0.2) is 42.5 Å². The van der Waals surface area contributed by atoms with Gasteiger partial charge in [0.2, 0.25) is 0 Å². The molecule has 6 heteroatoms. The number of terminal acetylenes is 1. The fraction of sp³-hybridized carbons (Fsp3) is 0.391. The molecule has 6 nitrogen and oxygen atoms in total. The van der Waals surface area contributed by atoms with Gasteiger partial charge >= 0.3 is 0 Å². The molecule has 0 unspecified atom stereocenters. The Kier molecular flexibility index (Phi) is 6.91. The normalized spacial score (nSPS) is 26.7. The van der Waals surface area contributed by atoms with Crippen LogP contribution in [0.1, 0.15) is 35.3 Å². The molecule has 1 aliphatic rings. The summed E-state index contributed by atoms with van der Waals surface area (Å²) >= 11 is 0. The first-order valence-electron chi connectivity index (χ1n) is 9.60. The van der Waals surface area contributed by atoms with E-state index in [2.05, 4.69) is 5.92 Å². The highest BCUT2D eigenvalue weighted by molar-refractivity contribution is 5.46. The Bertz CT molecular complexity index is 855. The van der Waals surface area contributed by atoms with E-state index < -0.39 is 37.1 Å². The van der Waals surface area contributed by atoms with Gasteiger partial charge in [-0.25, -0.2) is 0 Å². The predicted octanol–water partition coefficient (Wildman–Crippen LogP) is 1.17. The van der Waals surface area contributed by atoms with Crippen LogP contribution in [-0.4, -0.2) is 58.1 Å². The van der Waals surface area contributed by atoms with Crippen molar-refractivity contribution in [3.8, 4) is 18.1 Å². The van der Waals surface area contributed by atoms with Gasteiger partial charge in [0.05, 0.1) is 13.2 Å². The van der Waals surface area contributed by atoms with Crippen LogP contribution in [0.3, 0.4) is 0 Å². The maximum absolute atomic E-state index is 10.4. The van der Waals surface area contributed by atoms with E-state index in [-0.39, 0.29) is 0 Å². The third-order valence-corrected chi connectivity index (χ3v) is 5.13. The lowest BCUT2D eigenvalue weighted by molar-refractivity contribution is -0.231. The van der Waals surface area contributed by atoms with Crippen molar-refractivity contribution in [2.24, 2.45) is 0 Å². The lowest BCUT2D eigenvalue weighted by atomic mass is 9.89. The Labute approximate surface area is 170 Å². The quantitative estimate of drug-likeness (QED) is 0.546. The van der Waals surface area contributed by atoms with E-state index in [9.17, 15) is 20.4 Å². The van der Waals surface area contributed by atoms with Crippen molar-refractivity contribution in [1.29, 1.82) is 0 Å². The molecule has 2 aromatic rings. The van der Waals surface area contributed by atoms with E-state index in [0.717, 1.165) is 16.9 Å². The minimum absolute atomic E-state index is 0.469. The predicted molar refractivity (Wildman–Crippen MR) is 108 cm³/mol. The summed E-state index contributed by atoms with van der Waals surface area (Å²) in [5, 5.41) is 39.9. The standard InChI is InChI=1S/C23H26O6/c1-3-15-7-8-16(23-22(27)21(26)20(25)19(13-24)29-23)12-17(15)11-14-5-9-18(10-6-14)28-4-2/h1,5-10,12,19-27H,4,11,13H2,2H3/t19-,20-,21+,22-,23+/m1/s1. The molecule has 1 saturated heterocycles. The average molecular weight is 398 g/mol. The Morgan fingerprint density at radius 3 is 2.38 bits per heavy atom. The molecular formula is C23H26O6. The summed E-state index contributed by atoms with van der Waals surface area (Å²) in [6, 6.07) is 13.0. The zero-order valence-corrected chi connectivity index (χ0v) is 16.2. The van der Waals surface area contributed by atoms with E-state index in [1.165, 1.54) is 0 Å². The number of aliphatic hydroxyl groups is 4. The molecule has 0 aliphatic carbocycles. The number of aliphatic hydroxyl groups excluding tert-OH is 4.